The van der Waals surface area contributed by atoms with Gasteiger partial charge in [0.25, 0.3) is 0 Å². The van der Waals surface area contributed by atoms with E-state index in [1.807, 2.05) is 53.9 Å². The van der Waals surface area contributed by atoms with Crippen LogP contribution in [0.1, 0.15) is 5.56 Å². The van der Waals surface area contributed by atoms with Crippen molar-refractivity contribution >= 4 is 17.5 Å². The zero-order valence-electron chi connectivity index (χ0n) is 8.84. The van der Waals surface area contributed by atoms with Crippen molar-refractivity contribution < 1.29 is 0 Å². The summed E-state index contributed by atoms with van der Waals surface area (Å²) in [6.07, 6.45) is 0. The number of nitrogens with two attached hydrogens (primary N) is 1. The van der Waals surface area contributed by atoms with Gasteiger partial charge >= 0.3 is 0 Å². The van der Waals surface area contributed by atoms with Gasteiger partial charge in [0.2, 0.25) is 0 Å². The molecule has 0 saturated carbocycles. The minimum atomic E-state index is 0.800. The van der Waals surface area contributed by atoms with Gasteiger partial charge in [0.05, 0.1) is 0 Å². The number of hydrogen-bond acceptors (Lipinski definition) is 2. The fraction of sp³-hybridized carbons (Fsp3) is 0. The van der Waals surface area contributed by atoms with Crippen LogP contribution in [0.5, 0.6) is 0 Å². The highest BCUT2D eigenvalue weighted by Crippen LogP contribution is 2.21. The van der Waals surface area contributed by atoms with Crippen LogP contribution in [0.25, 0.3) is 5.70 Å². The van der Waals surface area contributed by atoms with Crippen LogP contribution in [0, 0.1) is 0 Å². The lowest BCUT2D eigenvalue weighted by atomic mass is 10.2. The molecule has 2 rings (SSSR count). The second kappa shape index (κ2) is 5.42. The first-order chi connectivity index (χ1) is 7.86. The fourth-order valence-electron chi connectivity index (χ4n) is 1.33. The van der Waals surface area contributed by atoms with Gasteiger partial charge in [-0.1, -0.05) is 60.3 Å². The molecule has 2 aromatic rings. The summed E-state index contributed by atoms with van der Waals surface area (Å²) in [7, 11) is 0. The summed E-state index contributed by atoms with van der Waals surface area (Å²) in [6.45, 7) is 0. The first-order valence-corrected chi connectivity index (χ1v) is 5.97. The molecule has 0 spiro atoms. The van der Waals surface area contributed by atoms with E-state index in [-0.39, 0.29) is 0 Å². The van der Waals surface area contributed by atoms with Gasteiger partial charge in [-0.3, -0.25) is 0 Å². The smallest absolute Gasteiger partial charge is 0.0455 e. The number of benzene rings is 2. The molecule has 0 aliphatic heterocycles. The van der Waals surface area contributed by atoms with Gasteiger partial charge < -0.3 is 5.73 Å². The van der Waals surface area contributed by atoms with Gasteiger partial charge in [-0.05, 0) is 23.1 Å². The van der Waals surface area contributed by atoms with Gasteiger partial charge in [0.1, 0.15) is 0 Å². The topological polar surface area (TPSA) is 26.0 Å². The van der Waals surface area contributed by atoms with Crippen molar-refractivity contribution in [3.05, 3.63) is 71.6 Å². The summed E-state index contributed by atoms with van der Waals surface area (Å²) >= 11 is 1.64. The van der Waals surface area contributed by atoms with Crippen molar-refractivity contribution in [1.82, 2.24) is 0 Å². The Morgan fingerprint density at radius 3 is 2.06 bits per heavy atom. The summed E-state index contributed by atoms with van der Waals surface area (Å²) in [6, 6.07) is 20.2. The van der Waals surface area contributed by atoms with Crippen molar-refractivity contribution in [1.29, 1.82) is 0 Å². The van der Waals surface area contributed by atoms with Crippen molar-refractivity contribution in [2.45, 2.75) is 4.90 Å². The van der Waals surface area contributed by atoms with Crippen LogP contribution in [0.3, 0.4) is 0 Å². The Kier molecular flexibility index (Phi) is 3.67. The van der Waals surface area contributed by atoms with Crippen molar-refractivity contribution in [2.75, 3.05) is 0 Å². The van der Waals surface area contributed by atoms with Gasteiger partial charge in [0.15, 0.2) is 0 Å². The maximum absolute atomic E-state index is 5.98. The predicted molar refractivity (Wildman–Crippen MR) is 70.9 cm³/mol. The van der Waals surface area contributed by atoms with Crippen LogP contribution in [0.4, 0.5) is 0 Å². The molecule has 80 valence electrons. The SMILES string of the molecule is N/C(=C/Sc1ccccc1)c1ccccc1. The summed E-state index contributed by atoms with van der Waals surface area (Å²) in [5.41, 5.74) is 7.84. The van der Waals surface area contributed by atoms with E-state index in [0.717, 1.165) is 11.3 Å². The lowest BCUT2D eigenvalue weighted by molar-refractivity contribution is 1.47. The molecule has 16 heavy (non-hydrogen) atoms. The molecule has 1 nitrogen and oxygen atoms in total. The third-order valence-electron chi connectivity index (χ3n) is 2.17. The minimum Gasteiger partial charge on any atom is -0.398 e. The van der Waals surface area contributed by atoms with Gasteiger partial charge in [0, 0.05) is 10.6 Å². The van der Waals surface area contributed by atoms with Gasteiger partial charge in [-0.2, -0.15) is 0 Å². The molecule has 0 heterocycles. The van der Waals surface area contributed by atoms with Crippen molar-refractivity contribution in [2.24, 2.45) is 5.73 Å². The normalized spacial score (nSPS) is 11.4. The van der Waals surface area contributed by atoms with Crippen LogP contribution >= 0.6 is 11.8 Å². The summed E-state index contributed by atoms with van der Waals surface area (Å²) in [4.78, 5) is 1.20. The quantitative estimate of drug-likeness (QED) is 0.808. The first-order valence-electron chi connectivity index (χ1n) is 5.09. The van der Waals surface area contributed by atoms with Crippen LogP contribution in [-0.4, -0.2) is 0 Å². The van der Waals surface area contributed by atoms with Crippen LogP contribution in [0.2, 0.25) is 0 Å². The van der Waals surface area contributed by atoms with E-state index >= 15 is 0 Å². The molecule has 0 aliphatic rings. The largest absolute Gasteiger partial charge is 0.398 e. The summed E-state index contributed by atoms with van der Waals surface area (Å²) < 4.78 is 0. The number of rotatable bonds is 3. The Morgan fingerprint density at radius 2 is 1.44 bits per heavy atom. The Labute approximate surface area is 100.0 Å². The Morgan fingerprint density at radius 1 is 0.875 bits per heavy atom. The molecule has 0 amide bonds. The summed E-state index contributed by atoms with van der Waals surface area (Å²) in [5.74, 6) is 0. The highest BCUT2D eigenvalue weighted by molar-refractivity contribution is 8.02. The van der Waals surface area contributed by atoms with E-state index in [9.17, 15) is 0 Å². The van der Waals surface area contributed by atoms with E-state index in [2.05, 4.69) is 12.1 Å². The fourth-order valence-corrected chi connectivity index (χ4v) is 2.04. The number of hydrogen-bond donors (Lipinski definition) is 1. The second-order valence-corrected chi connectivity index (χ2v) is 4.31. The molecule has 0 saturated heterocycles. The molecule has 0 aliphatic carbocycles. The van der Waals surface area contributed by atoms with E-state index in [1.165, 1.54) is 4.90 Å². The molecule has 0 radical (unpaired) electrons. The van der Waals surface area contributed by atoms with Crippen LogP contribution in [0.15, 0.2) is 71.0 Å². The highest BCUT2D eigenvalue weighted by atomic mass is 32.2. The molecule has 2 N–H and O–H groups in total. The van der Waals surface area contributed by atoms with Crippen molar-refractivity contribution in [3.8, 4) is 0 Å². The van der Waals surface area contributed by atoms with E-state index in [4.69, 9.17) is 5.73 Å². The third-order valence-corrected chi connectivity index (χ3v) is 3.09. The van der Waals surface area contributed by atoms with Crippen LogP contribution < -0.4 is 5.73 Å². The molecule has 2 aromatic carbocycles. The predicted octanol–water partition coefficient (Wildman–Crippen LogP) is 3.74. The lowest BCUT2D eigenvalue weighted by Crippen LogP contribution is -1.94. The Bertz CT molecular complexity index is 463. The maximum atomic E-state index is 5.98. The Balaban J connectivity index is 2.09. The zero-order chi connectivity index (χ0) is 11.2. The maximum Gasteiger partial charge on any atom is 0.0455 e. The molecular formula is C14H13NS. The lowest BCUT2D eigenvalue weighted by Gasteiger charge is -2.01. The van der Waals surface area contributed by atoms with Crippen molar-refractivity contribution in [3.63, 3.8) is 0 Å². The molecule has 0 fully saturated rings. The van der Waals surface area contributed by atoms with Gasteiger partial charge in [-0.25, -0.2) is 0 Å². The number of thioether (sulfide) groups is 1. The average Bonchev–Trinajstić information content (AvgIpc) is 2.38. The second-order valence-electron chi connectivity index (χ2n) is 3.37. The average molecular weight is 227 g/mol. The molecule has 0 bridgehead atoms. The zero-order valence-corrected chi connectivity index (χ0v) is 9.65. The molecule has 0 aromatic heterocycles. The standard InChI is InChI=1S/C14H13NS/c15-14(12-7-3-1-4-8-12)11-16-13-9-5-2-6-10-13/h1-11H,15H2/b14-11+. The molecule has 2 heteroatoms. The van der Waals surface area contributed by atoms with E-state index in [1.54, 1.807) is 11.8 Å². The first kappa shape index (κ1) is 10.8. The Hall–Kier alpha value is -1.67. The van der Waals surface area contributed by atoms with E-state index in [0.29, 0.717) is 0 Å². The van der Waals surface area contributed by atoms with E-state index < -0.39 is 0 Å². The van der Waals surface area contributed by atoms with Gasteiger partial charge in [-0.15, -0.1) is 0 Å². The van der Waals surface area contributed by atoms with Crippen LogP contribution in [-0.2, 0) is 0 Å². The highest BCUT2D eigenvalue weighted by Gasteiger charge is 1.95. The molecule has 0 unspecified atom stereocenters. The summed E-state index contributed by atoms with van der Waals surface area (Å²) in [5, 5.41) is 1.98. The molecule has 0 atom stereocenters. The third kappa shape index (κ3) is 2.91. The molecular weight excluding hydrogens is 214 g/mol. The minimum absolute atomic E-state index is 0.800. The monoisotopic (exact) mass is 227 g/mol.